The number of fused-ring (bicyclic) bond motifs is 1. The van der Waals surface area contributed by atoms with Gasteiger partial charge in [-0.1, -0.05) is 12.1 Å². The van der Waals surface area contributed by atoms with Crippen molar-refractivity contribution in [3.05, 3.63) is 41.7 Å². The Labute approximate surface area is 145 Å². The molecule has 0 bridgehead atoms. The normalized spacial score (nSPS) is 15.7. The van der Waals surface area contributed by atoms with Gasteiger partial charge in [0.05, 0.1) is 6.04 Å². The van der Waals surface area contributed by atoms with Gasteiger partial charge in [0.25, 0.3) is 0 Å². The average molecular weight is 373 g/mol. The molecule has 1 aromatic heterocycles. The van der Waals surface area contributed by atoms with Gasteiger partial charge in [0.1, 0.15) is 0 Å². The lowest BCUT2D eigenvalue weighted by Crippen LogP contribution is -2.56. The van der Waals surface area contributed by atoms with E-state index in [0.717, 1.165) is 12.1 Å². The number of nitrogens with zero attached hydrogens (tertiary/aromatic N) is 1. The number of hydrogen-bond acceptors (Lipinski definition) is 3. The van der Waals surface area contributed by atoms with E-state index in [0.29, 0.717) is 24.2 Å². The minimum atomic E-state index is -5.68. The summed E-state index contributed by atoms with van der Waals surface area (Å²) in [5.41, 5.74) is -0.832. The molecule has 1 aliphatic heterocycles. The van der Waals surface area contributed by atoms with Gasteiger partial charge in [0, 0.05) is 42.4 Å². The smallest absolute Gasteiger partial charge is 0.351 e. The summed E-state index contributed by atoms with van der Waals surface area (Å²) in [6, 6.07) is 4.36. The van der Waals surface area contributed by atoms with Gasteiger partial charge in [0.15, 0.2) is 0 Å². The van der Waals surface area contributed by atoms with Gasteiger partial charge >= 0.3 is 12.1 Å². The van der Waals surface area contributed by atoms with E-state index in [1.165, 1.54) is 18.3 Å². The molecule has 1 amide bonds. The van der Waals surface area contributed by atoms with Crippen LogP contribution in [0.1, 0.15) is 17.7 Å². The van der Waals surface area contributed by atoms with Crippen LogP contribution in [0.25, 0.3) is 10.8 Å². The van der Waals surface area contributed by atoms with Crippen molar-refractivity contribution in [3.8, 4) is 0 Å². The lowest BCUT2D eigenvalue weighted by molar-refractivity contribution is -0.289. The van der Waals surface area contributed by atoms with Gasteiger partial charge in [-0.3, -0.25) is 9.78 Å². The molecule has 1 saturated heterocycles. The molecule has 2 aromatic rings. The fraction of sp³-hybridized carbons (Fsp3) is 0.412. The number of pyridine rings is 1. The Morgan fingerprint density at radius 3 is 2.54 bits per heavy atom. The van der Waals surface area contributed by atoms with Crippen LogP contribution >= 0.6 is 0 Å². The molecule has 0 atom stereocenters. The molecule has 2 heterocycles. The maximum atomic E-state index is 13.6. The van der Waals surface area contributed by atoms with E-state index in [1.807, 2.05) is 0 Å². The van der Waals surface area contributed by atoms with Gasteiger partial charge < -0.3 is 10.6 Å². The predicted molar refractivity (Wildman–Crippen MR) is 84.8 cm³/mol. The topological polar surface area (TPSA) is 54.0 Å². The first kappa shape index (κ1) is 18.5. The van der Waals surface area contributed by atoms with Crippen LogP contribution in [-0.4, -0.2) is 36.2 Å². The summed E-state index contributed by atoms with van der Waals surface area (Å²) in [6.07, 6.45) is -4.03. The maximum Gasteiger partial charge on any atom is 0.458 e. The van der Waals surface area contributed by atoms with Crippen molar-refractivity contribution in [1.82, 2.24) is 15.6 Å². The SMILES string of the molecule is O=C(CCc1nccc2ccc(C(F)(F)C(F)(F)F)cc12)NC1CNC1. The second-order valence-corrected chi connectivity index (χ2v) is 6.19. The van der Waals surface area contributed by atoms with Gasteiger partial charge in [0.2, 0.25) is 5.91 Å². The summed E-state index contributed by atoms with van der Waals surface area (Å²) in [6.45, 7) is 1.38. The summed E-state index contributed by atoms with van der Waals surface area (Å²) in [5.74, 6) is -5.17. The van der Waals surface area contributed by atoms with Gasteiger partial charge in [-0.2, -0.15) is 22.0 Å². The number of carbonyl (C=O) groups is 1. The van der Waals surface area contributed by atoms with Crippen molar-refractivity contribution in [3.63, 3.8) is 0 Å². The molecule has 0 radical (unpaired) electrons. The van der Waals surface area contributed by atoms with Crippen LogP contribution in [0.4, 0.5) is 22.0 Å². The first-order valence-electron chi connectivity index (χ1n) is 8.01. The Morgan fingerprint density at radius 2 is 1.92 bits per heavy atom. The van der Waals surface area contributed by atoms with Crippen LogP contribution in [0.3, 0.4) is 0 Å². The standard InChI is InChI=1S/C17H16F5N3O/c18-16(19,17(20,21)22)11-2-1-10-5-6-24-14(13(10)7-11)3-4-15(26)25-12-8-23-9-12/h1-2,5-7,12,23H,3-4,8-9H2,(H,25,26). The highest BCUT2D eigenvalue weighted by Crippen LogP contribution is 2.44. The zero-order valence-electron chi connectivity index (χ0n) is 13.5. The second kappa shape index (κ2) is 6.79. The molecule has 9 heteroatoms. The van der Waals surface area contributed by atoms with E-state index in [1.54, 1.807) is 0 Å². The summed E-state index contributed by atoms with van der Waals surface area (Å²) in [7, 11) is 0. The van der Waals surface area contributed by atoms with E-state index in [9.17, 15) is 26.7 Å². The molecule has 0 spiro atoms. The number of hydrogen-bond donors (Lipinski definition) is 2. The van der Waals surface area contributed by atoms with Crippen molar-refractivity contribution in [1.29, 1.82) is 0 Å². The summed E-state index contributed by atoms with van der Waals surface area (Å²) in [4.78, 5) is 15.9. The van der Waals surface area contributed by atoms with Crippen LogP contribution < -0.4 is 10.6 Å². The van der Waals surface area contributed by atoms with Gasteiger partial charge in [-0.05, 0) is 23.9 Å². The fourth-order valence-electron chi connectivity index (χ4n) is 2.71. The van der Waals surface area contributed by atoms with Crippen LogP contribution in [0, 0.1) is 0 Å². The van der Waals surface area contributed by atoms with Crippen LogP contribution in [0.15, 0.2) is 30.5 Å². The molecule has 0 unspecified atom stereocenters. The third-order valence-electron chi connectivity index (χ3n) is 4.30. The quantitative estimate of drug-likeness (QED) is 0.793. The van der Waals surface area contributed by atoms with Crippen molar-refractivity contribution >= 4 is 16.7 Å². The largest absolute Gasteiger partial charge is 0.458 e. The molecular formula is C17H16F5N3O. The lowest BCUT2D eigenvalue weighted by Gasteiger charge is -2.27. The molecule has 0 saturated carbocycles. The van der Waals surface area contributed by atoms with Crippen molar-refractivity contribution in [2.24, 2.45) is 0 Å². The van der Waals surface area contributed by atoms with Crippen LogP contribution in [0.2, 0.25) is 0 Å². The third kappa shape index (κ3) is 3.62. The first-order valence-corrected chi connectivity index (χ1v) is 8.01. The highest BCUT2D eigenvalue weighted by molar-refractivity contribution is 5.86. The van der Waals surface area contributed by atoms with Crippen molar-refractivity contribution in [2.75, 3.05) is 13.1 Å². The monoisotopic (exact) mass is 373 g/mol. The number of halogens is 5. The summed E-state index contributed by atoms with van der Waals surface area (Å²) in [5, 5.41) is 6.47. The minimum absolute atomic E-state index is 0.0695. The molecule has 1 aliphatic rings. The number of aryl methyl sites for hydroxylation is 1. The molecule has 1 fully saturated rings. The highest BCUT2D eigenvalue weighted by Gasteiger charge is 2.58. The first-order chi connectivity index (χ1) is 12.2. The number of carbonyl (C=O) groups excluding carboxylic acids is 1. The van der Waals surface area contributed by atoms with Gasteiger partial charge in [-0.15, -0.1) is 0 Å². The zero-order chi connectivity index (χ0) is 18.9. The summed E-state index contributed by atoms with van der Waals surface area (Å²) < 4.78 is 65.1. The van der Waals surface area contributed by atoms with E-state index in [2.05, 4.69) is 15.6 Å². The number of nitrogens with one attached hydrogen (secondary N) is 2. The van der Waals surface area contributed by atoms with E-state index in [4.69, 9.17) is 0 Å². The second-order valence-electron chi connectivity index (χ2n) is 6.19. The Morgan fingerprint density at radius 1 is 1.19 bits per heavy atom. The Kier molecular flexibility index (Phi) is 4.83. The van der Waals surface area contributed by atoms with Gasteiger partial charge in [-0.25, -0.2) is 0 Å². The third-order valence-corrected chi connectivity index (χ3v) is 4.30. The Bertz CT molecular complexity index is 818. The van der Waals surface area contributed by atoms with E-state index in [-0.39, 0.29) is 30.2 Å². The lowest BCUT2D eigenvalue weighted by atomic mass is 10.00. The maximum absolute atomic E-state index is 13.6. The molecule has 2 N–H and O–H groups in total. The molecule has 4 nitrogen and oxygen atoms in total. The zero-order valence-corrected chi connectivity index (χ0v) is 13.5. The van der Waals surface area contributed by atoms with Crippen molar-refractivity contribution in [2.45, 2.75) is 31.0 Å². The molecule has 3 rings (SSSR count). The van der Waals surface area contributed by atoms with E-state index >= 15 is 0 Å². The predicted octanol–water partition coefficient (Wildman–Crippen LogP) is 2.91. The Hall–Kier alpha value is -2.29. The Balaban J connectivity index is 1.83. The number of benzene rings is 1. The number of aromatic nitrogens is 1. The number of rotatable bonds is 5. The molecule has 26 heavy (non-hydrogen) atoms. The molecule has 1 aromatic carbocycles. The minimum Gasteiger partial charge on any atom is -0.351 e. The van der Waals surface area contributed by atoms with Crippen LogP contribution in [-0.2, 0) is 17.1 Å². The summed E-state index contributed by atoms with van der Waals surface area (Å²) >= 11 is 0. The van der Waals surface area contributed by atoms with Crippen molar-refractivity contribution < 1.29 is 26.7 Å². The fourth-order valence-corrected chi connectivity index (χ4v) is 2.71. The molecule has 0 aliphatic carbocycles. The molecule has 140 valence electrons. The highest BCUT2D eigenvalue weighted by atomic mass is 19.4. The number of amides is 1. The molecular weight excluding hydrogens is 357 g/mol. The number of alkyl halides is 5. The average Bonchev–Trinajstić information content (AvgIpc) is 2.54. The van der Waals surface area contributed by atoms with Crippen LogP contribution in [0.5, 0.6) is 0 Å². The van der Waals surface area contributed by atoms with E-state index < -0.39 is 17.7 Å².